The van der Waals surface area contributed by atoms with E-state index in [1.807, 2.05) is 0 Å². The number of hydrogen-bond acceptors (Lipinski definition) is 9. The number of amides is 2. The molecule has 1 heterocycles. The molecule has 2 amide bonds. The largest absolute Gasteiger partial charge is 0.497 e. The number of hydrogen-bond donors (Lipinski definition) is 2. The van der Waals surface area contributed by atoms with Crippen LogP contribution in [0.4, 0.5) is 5.00 Å². The van der Waals surface area contributed by atoms with E-state index >= 15 is 0 Å². The van der Waals surface area contributed by atoms with Gasteiger partial charge in [0.25, 0.3) is 11.8 Å². The molecule has 212 valence electrons. The number of benzene rings is 1. The molecule has 1 aromatic carbocycles. The zero-order valence-corrected chi connectivity index (χ0v) is 24.0. The van der Waals surface area contributed by atoms with Crippen LogP contribution in [0.25, 0.3) is 0 Å². The molecule has 0 aliphatic heterocycles. The standard InChI is InChI=1S/C28H36N2O8S/c1-7-37-27(33)23-20-9-8-16(4)10-21(20)39-26(23)29-22(31)14-38-28(34)24(15(2)3)30-25(32)17-11-18(35-5)13-19(12-17)36-6/h11-13,15-16,24H,7-10,14H2,1-6H3,(H,29,31)(H,30,32)/t16?,24-/m0/s1. The summed E-state index contributed by atoms with van der Waals surface area (Å²) < 4.78 is 20.9. The van der Waals surface area contributed by atoms with Gasteiger partial charge in [-0.1, -0.05) is 20.8 Å². The van der Waals surface area contributed by atoms with E-state index in [9.17, 15) is 19.2 Å². The van der Waals surface area contributed by atoms with E-state index in [0.717, 1.165) is 29.7 Å². The van der Waals surface area contributed by atoms with Crippen molar-refractivity contribution in [3.8, 4) is 11.5 Å². The summed E-state index contributed by atoms with van der Waals surface area (Å²) in [5, 5.41) is 5.79. The van der Waals surface area contributed by atoms with E-state index < -0.39 is 36.4 Å². The van der Waals surface area contributed by atoms with Gasteiger partial charge >= 0.3 is 11.9 Å². The van der Waals surface area contributed by atoms with Crippen molar-refractivity contribution in [2.75, 3.05) is 32.8 Å². The molecule has 0 saturated carbocycles. The second kappa shape index (κ2) is 13.5. The van der Waals surface area contributed by atoms with E-state index in [-0.39, 0.29) is 18.1 Å². The number of carbonyl (C=O) groups excluding carboxylic acids is 4. The third-order valence-corrected chi connectivity index (χ3v) is 7.58. The summed E-state index contributed by atoms with van der Waals surface area (Å²) in [4.78, 5) is 52.3. The van der Waals surface area contributed by atoms with Crippen molar-refractivity contribution in [2.45, 2.75) is 53.0 Å². The Morgan fingerprint density at radius 2 is 1.72 bits per heavy atom. The number of fused-ring (bicyclic) bond motifs is 1. The highest BCUT2D eigenvalue weighted by Gasteiger charge is 2.30. The second-order valence-electron chi connectivity index (χ2n) is 9.73. The molecule has 0 bridgehead atoms. The van der Waals surface area contributed by atoms with E-state index in [1.54, 1.807) is 26.8 Å². The molecule has 0 saturated heterocycles. The van der Waals surface area contributed by atoms with Crippen molar-refractivity contribution in [1.82, 2.24) is 5.32 Å². The summed E-state index contributed by atoms with van der Waals surface area (Å²) in [7, 11) is 2.94. The molecule has 11 heteroatoms. The van der Waals surface area contributed by atoms with Gasteiger partial charge in [-0.05, 0) is 55.7 Å². The van der Waals surface area contributed by atoms with Crippen LogP contribution in [-0.2, 0) is 31.9 Å². The van der Waals surface area contributed by atoms with Crippen LogP contribution in [0.3, 0.4) is 0 Å². The molecule has 0 spiro atoms. The Morgan fingerprint density at radius 1 is 1.05 bits per heavy atom. The Hall–Kier alpha value is -3.60. The van der Waals surface area contributed by atoms with Crippen molar-refractivity contribution >= 4 is 40.1 Å². The fourth-order valence-electron chi connectivity index (χ4n) is 4.31. The Kier molecular flexibility index (Phi) is 10.3. The number of methoxy groups -OCH3 is 2. The topological polar surface area (TPSA) is 129 Å². The minimum atomic E-state index is -1.01. The zero-order valence-electron chi connectivity index (χ0n) is 23.2. The fourth-order valence-corrected chi connectivity index (χ4v) is 5.72. The lowest BCUT2D eigenvalue weighted by molar-refractivity contribution is -0.150. The number of thiophene rings is 1. The van der Waals surface area contributed by atoms with Gasteiger partial charge in [-0.2, -0.15) is 0 Å². The predicted molar refractivity (Wildman–Crippen MR) is 147 cm³/mol. The minimum absolute atomic E-state index is 0.218. The molecule has 0 radical (unpaired) electrons. The van der Waals surface area contributed by atoms with Gasteiger partial charge in [0, 0.05) is 16.5 Å². The van der Waals surface area contributed by atoms with Crippen molar-refractivity contribution < 1.29 is 38.1 Å². The van der Waals surface area contributed by atoms with E-state index in [1.165, 1.54) is 37.7 Å². The van der Waals surface area contributed by atoms with E-state index in [2.05, 4.69) is 17.6 Å². The van der Waals surface area contributed by atoms with Gasteiger partial charge in [-0.25, -0.2) is 9.59 Å². The van der Waals surface area contributed by atoms with Crippen LogP contribution in [0.1, 0.15) is 65.3 Å². The molecule has 0 fully saturated rings. The van der Waals surface area contributed by atoms with Crippen LogP contribution in [-0.4, -0.2) is 57.2 Å². The predicted octanol–water partition coefficient (Wildman–Crippen LogP) is 4.00. The summed E-state index contributed by atoms with van der Waals surface area (Å²) >= 11 is 1.35. The maximum atomic E-state index is 12.9. The van der Waals surface area contributed by atoms with Crippen LogP contribution < -0.4 is 20.1 Å². The van der Waals surface area contributed by atoms with E-state index in [0.29, 0.717) is 28.0 Å². The first kappa shape index (κ1) is 29.9. The molecule has 2 N–H and O–H groups in total. The Labute approximate surface area is 232 Å². The molecule has 39 heavy (non-hydrogen) atoms. The van der Waals surface area contributed by atoms with Crippen molar-refractivity contribution in [1.29, 1.82) is 0 Å². The highest BCUT2D eigenvalue weighted by molar-refractivity contribution is 7.17. The first-order valence-electron chi connectivity index (χ1n) is 12.9. The first-order valence-corrected chi connectivity index (χ1v) is 13.7. The number of anilines is 1. The average Bonchev–Trinajstić information content (AvgIpc) is 3.26. The average molecular weight is 561 g/mol. The quantitative estimate of drug-likeness (QED) is 0.395. The highest BCUT2D eigenvalue weighted by Crippen LogP contribution is 2.40. The molecular formula is C28H36N2O8S. The van der Waals surface area contributed by atoms with Gasteiger partial charge < -0.3 is 29.6 Å². The van der Waals surface area contributed by atoms with Gasteiger partial charge in [-0.15, -0.1) is 11.3 Å². The summed E-state index contributed by atoms with van der Waals surface area (Å²) in [6, 6.07) is 3.67. The van der Waals surface area contributed by atoms with E-state index in [4.69, 9.17) is 18.9 Å². The van der Waals surface area contributed by atoms with Crippen LogP contribution in [0.15, 0.2) is 18.2 Å². The molecular weight excluding hydrogens is 524 g/mol. The minimum Gasteiger partial charge on any atom is -0.497 e. The number of ether oxygens (including phenoxy) is 4. The van der Waals surface area contributed by atoms with Crippen LogP contribution in [0.2, 0.25) is 0 Å². The Morgan fingerprint density at radius 3 is 2.31 bits per heavy atom. The van der Waals surface area contributed by atoms with Gasteiger partial charge in [0.1, 0.15) is 22.5 Å². The third-order valence-electron chi connectivity index (χ3n) is 6.41. The summed E-state index contributed by atoms with van der Waals surface area (Å²) in [5.41, 5.74) is 1.54. The number of esters is 2. The summed E-state index contributed by atoms with van der Waals surface area (Å²) in [6.45, 7) is 7.02. The van der Waals surface area contributed by atoms with Gasteiger partial charge in [0.15, 0.2) is 6.61 Å². The van der Waals surface area contributed by atoms with Crippen molar-refractivity contribution in [3.05, 3.63) is 39.8 Å². The summed E-state index contributed by atoms with van der Waals surface area (Å²) in [6.07, 6.45) is 2.51. The zero-order chi connectivity index (χ0) is 28.7. The molecule has 2 atom stereocenters. The smallest absolute Gasteiger partial charge is 0.341 e. The lowest BCUT2D eigenvalue weighted by Gasteiger charge is -2.21. The fraction of sp³-hybridized carbons (Fsp3) is 0.500. The van der Waals surface area contributed by atoms with Crippen molar-refractivity contribution in [3.63, 3.8) is 0 Å². The molecule has 1 unspecified atom stereocenters. The normalized spacial score (nSPS) is 15.1. The Bertz CT molecular complexity index is 1200. The van der Waals surface area contributed by atoms with Gasteiger partial charge in [-0.3, -0.25) is 9.59 Å². The van der Waals surface area contributed by atoms with Crippen LogP contribution in [0.5, 0.6) is 11.5 Å². The maximum Gasteiger partial charge on any atom is 0.341 e. The molecule has 1 aliphatic carbocycles. The van der Waals surface area contributed by atoms with Crippen LogP contribution in [0, 0.1) is 11.8 Å². The van der Waals surface area contributed by atoms with Gasteiger partial charge in [0.2, 0.25) is 0 Å². The van der Waals surface area contributed by atoms with Gasteiger partial charge in [0.05, 0.1) is 26.4 Å². The number of nitrogens with one attached hydrogen (secondary N) is 2. The molecule has 10 nitrogen and oxygen atoms in total. The van der Waals surface area contributed by atoms with Crippen LogP contribution >= 0.6 is 11.3 Å². The van der Waals surface area contributed by atoms with Crippen molar-refractivity contribution in [2.24, 2.45) is 11.8 Å². The molecule has 1 aromatic heterocycles. The highest BCUT2D eigenvalue weighted by atomic mass is 32.1. The third kappa shape index (κ3) is 7.50. The summed E-state index contributed by atoms with van der Waals surface area (Å²) in [5.74, 6) is -1.34. The Balaban J connectivity index is 1.67. The molecule has 2 aromatic rings. The number of carbonyl (C=O) groups is 4. The monoisotopic (exact) mass is 560 g/mol. The second-order valence-corrected chi connectivity index (χ2v) is 10.8. The lowest BCUT2D eigenvalue weighted by atomic mass is 9.88. The lowest BCUT2D eigenvalue weighted by Crippen LogP contribution is -2.46. The molecule has 1 aliphatic rings. The molecule has 3 rings (SSSR count). The first-order chi connectivity index (χ1) is 18.6. The SMILES string of the molecule is CCOC(=O)c1c(NC(=O)COC(=O)[C@@H](NC(=O)c2cc(OC)cc(OC)c2)C(C)C)sc2c1CCC(C)C2. The maximum absolute atomic E-state index is 12.9. The number of rotatable bonds is 11.